The van der Waals surface area contributed by atoms with Crippen molar-refractivity contribution < 1.29 is 77.8 Å². The summed E-state index contributed by atoms with van der Waals surface area (Å²) in [6, 6.07) is 0. The van der Waals surface area contributed by atoms with Crippen LogP contribution in [0.3, 0.4) is 0 Å². The van der Waals surface area contributed by atoms with Crippen molar-refractivity contribution in [3.05, 3.63) is 16.7 Å². The van der Waals surface area contributed by atoms with E-state index in [1.165, 1.54) is 10.9 Å². The molecule has 0 aliphatic carbocycles. The van der Waals surface area contributed by atoms with Crippen molar-refractivity contribution in [2.24, 2.45) is 0 Å². The number of ether oxygens (including phenoxy) is 1. The molecule has 1 aliphatic rings. The summed E-state index contributed by atoms with van der Waals surface area (Å²) in [5.41, 5.74) is 3.22. The Labute approximate surface area is 204 Å². The first-order chi connectivity index (χ1) is 16.4. The molecular weight excluding hydrogens is 579 g/mol. The largest absolute Gasteiger partial charge is 0.466 e. The van der Waals surface area contributed by atoms with Crippen molar-refractivity contribution in [1.29, 1.82) is 0 Å². The fraction of sp³-hybridized carbons (Fsp3) is 0.417. The van der Waals surface area contributed by atoms with Gasteiger partial charge in [-0.05, 0) is 0 Å². The molecule has 0 saturated carbocycles. The monoisotopic (exact) mass is 601 g/mol. The van der Waals surface area contributed by atoms with E-state index in [-0.39, 0.29) is 17.1 Å². The number of aromatic nitrogens is 4. The number of terminal acetylenes is 1. The van der Waals surface area contributed by atoms with Crippen LogP contribution in [0.1, 0.15) is 6.23 Å². The lowest BCUT2D eigenvalue weighted by atomic mass is 9.97. The normalized spacial score (nSPS) is 23.5. The minimum atomic E-state index is -4.64. The number of nitrogens with one attached hydrogen (secondary N) is 1. The Kier molecular flexibility index (Phi) is 12.3. The van der Waals surface area contributed by atoms with E-state index in [4.69, 9.17) is 74.6 Å². The third kappa shape index (κ3) is 12.8. The Morgan fingerprint density at radius 3 is 1.84 bits per heavy atom. The number of phosphoric acid groups is 3. The molecule has 22 nitrogen and oxygen atoms in total. The zero-order chi connectivity index (χ0) is 29.6. The summed E-state index contributed by atoms with van der Waals surface area (Å²) in [6.07, 6.45) is 2.33. The van der Waals surface area contributed by atoms with E-state index < -0.39 is 59.7 Å². The number of aliphatic hydroxyl groups excluding tert-OH is 3. The zero-order valence-electron chi connectivity index (χ0n) is 17.8. The van der Waals surface area contributed by atoms with Crippen LogP contribution in [0.2, 0.25) is 0 Å². The van der Waals surface area contributed by atoms with Gasteiger partial charge in [-0.15, -0.1) is 6.42 Å². The van der Waals surface area contributed by atoms with Crippen molar-refractivity contribution in [2.45, 2.75) is 24.0 Å². The highest BCUT2D eigenvalue weighted by molar-refractivity contribution is 7.45. The van der Waals surface area contributed by atoms with Crippen LogP contribution in [0, 0.1) is 12.3 Å². The van der Waals surface area contributed by atoms with Gasteiger partial charge in [0.05, 0.1) is 12.9 Å². The second kappa shape index (κ2) is 13.1. The molecule has 1 aliphatic heterocycles. The molecule has 3 heterocycles. The third-order valence-electron chi connectivity index (χ3n) is 3.63. The summed E-state index contributed by atoms with van der Waals surface area (Å²) in [6.45, 7) is -0.693. The molecule has 4 atom stereocenters. The molecule has 0 radical (unpaired) electrons. The van der Waals surface area contributed by atoms with Gasteiger partial charge in [-0.2, -0.15) is 4.98 Å². The summed E-state index contributed by atoms with van der Waals surface area (Å²) >= 11 is 0. The average molecular weight is 601 g/mol. The van der Waals surface area contributed by atoms with Crippen LogP contribution >= 0.6 is 23.5 Å². The predicted molar refractivity (Wildman–Crippen MR) is 116 cm³/mol. The van der Waals surface area contributed by atoms with Crippen molar-refractivity contribution in [3.63, 3.8) is 0 Å². The number of aliphatic hydroxyl groups is 3. The van der Waals surface area contributed by atoms with Crippen molar-refractivity contribution in [3.8, 4) is 12.3 Å². The number of rotatable bonds is 2. The number of hydrogen-bond donors (Lipinski definition) is 14. The zero-order valence-corrected chi connectivity index (χ0v) is 20.4. The van der Waals surface area contributed by atoms with Crippen molar-refractivity contribution in [2.75, 3.05) is 12.3 Å². The number of aromatic amines is 1. The first kappa shape index (κ1) is 34.9. The van der Waals surface area contributed by atoms with E-state index in [0.717, 1.165) is 0 Å². The first-order valence-corrected chi connectivity index (χ1v) is 13.3. The summed E-state index contributed by atoms with van der Waals surface area (Å²) in [5.74, 6) is 2.00. The summed E-state index contributed by atoms with van der Waals surface area (Å²) in [5, 5.41) is 29.6. The highest BCUT2D eigenvalue weighted by Crippen LogP contribution is 2.37. The van der Waals surface area contributed by atoms with E-state index in [0.29, 0.717) is 0 Å². The topological polar surface area (TPSA) is 393 Å². The van der Waals surface area contributed by atoms with Gasteiger partial charge in [-0.3, -0.25) is 14.3 Å². The van der Waals surface area contributed by atoms with Crippen LogP contribution in [0.25, 0.3) is 11.2 Å². The molecule has 0 bridgehead atoms. The van der Waals surface area contributed by atoms with Crippen LogP contribution in [-0.4, -0.2) is 103 Å². The summed E-state index contributed by atoms with van der Waals surface area (Å²) in [7, 11) is -13.9. The van der Waals surface area contributed by atoms with Gasteiger partial charge in [-0.1, -0.05) is 5.92 Å². The molecule has 0 spiro atoms. The van der Waals surface area contributed by atoms with E-state index >= 15 is 0 Å². The Bertz CT molecular complexity index is 1220. The fourth-order valence-corrected chi connectivity index (χ4v) is 2.43. The van der Waals surface area contributed by atoms with Crippen molar-refractivity contribution in [1.82, 2.24) is 19.5 Å². The Morgan fingerprint density at radius 1 is 1.05 bits per heavy atom. The van der Waals surface area contributed by atoms with Crippen LogP contribution in [0.5, 0.6) is 0 Å². The molecule has 2 aromatic rings. The third-order valence-corrected chi connectivity index (χ3v) is 3.63. The molecule has 37 heavy (non-hydrogen) atoms. The number of anilines is 1. The van der Waals surface area contributed by atoms with Gasteiger partial charge in [0, 0.05) is 0 Å². The molecule has 3 rings (SSSR count). The first-order valence-electron chi connectivity index (χ1n) is 8.63. The highest BCUT2D eigenvalue weighted by atomic mass is 31.2. The highest BCUT2D eigenvalue weighted by Gasteiger charge is 2.54. The maximum atomic E-state index is 11.7. The van der Waals surface area contributed by atoms with E-state index in [2.05, 4.69) is 20.9 Å². The van der Waals surface area contributed by atoms with Crippen LogP contribution in [0.15, 0.2) is 11.1 Å². The van der Waals surface area contributed by atoms with Crippen LogP contribution < -0.4 is 11.3 Å². The second-order valence-corrected chi connectivity index (χ2v) is 9.53. The van der Waals surface area contributed by atoms with Gasteiger partial charge in [0.1, 0.15) is 12.2 Å². The van der Waals surface area contributed by atoms with Gasteiger partial charge in [-0.25, -0.2) is 18.7 Å². The summed E-state index contributed by atoms with van der Waals surface area (Å²) in [4.78, 5) is 86.5. The predicted octanol–water partition coefficient (Wildman–Crippen LogP) is -5.47. The lowest BCUT2D eigenvalue weighted by Gasteiger charge is -2.23. The standard InChI is InChI=1S/C12H13N5O5.3H3O4P/c1-2-12(3-18)7(20)6(19)10(22-12)17-4-14-5-8(17)15-11(13)16-9(5)21;3*1-5(2,3)4/h1,4,6-7,10,18-20H,3H2,(H3,13,15,16,21);3*(H3,1,2,3,4)/t6-,7+,10-,12-;;;/m1.../s1. The van der Waals surface area contributed by atoms with Gasteiger partial charge in [0.25, 0.3) is 5.56 Å². The van der Waals surface area contributed by atoms with E-state index in [1.807, 2.05) is 0 Å². The number of imidazole rings is 1. The Morgan fingerprint density at radius 2 is 1.49 bits per heavy atom. The Balaban J connectivity index is 0.000000711. The fourth-order valence-electron chi connectivity index (χ4n) is 2.43. The van der Waals surface area contributed by atoms with Gasteiger partial charge in [0.2, 0.25) is 5.95 Å². The van der Waals surface area contributed by atoms with Crippen LogP contribution in [-0.2, 0) is 18.4 Å². The van der Waals surface area contributed by atoms with Crippen molar-refractivity contribution >= 4 is 40.6 Å². The number of nitrogens with two attached hydrogens (primary N) is 1. The smallest absolute Gasteiger partial charge is 0.392 e. The van der Waals surface area contributed by atoms with Crippen LogP contribution in [0.4, 0.5) is 5.95 Å². The lowest BCUT2D eigenvalue weighted by Crippen LogP contribution is -2.44. The van der Waals surface area contributed by atoms with Gasteiger partial charge >= 0.3 is 23.5 Å². The Hall–Kier alpha value is -2.12. The molecule has 212 valence electrons. The molecule has 1 saturated heterocycles. The molecule has 2 aromatic heterocycles. The number of hydrogen-bond acceptors (Lipinski definition) is 11. The van der Waals surface area contributed by atoms with E-state index in [9.17, 15) is 20.1 Å². The lowest BCUT2D eigenvalue weighted by molar-refractivity contribution is -0.0910. The molecule has 0 amide bonds. The SMILES string of the molecule is C#C[C@]1(CO)O[C@@H](n2cnc3c(=O)[nH]c(N)nc32)[C@H](O)[C@@H]1O.O=P(O)(O)O.O=P(O)(O)O.O=P(O)(O)O. The molecular formula is C12H22N5O17P3. The molecule has 0 aromatic carbocycles. The molecule has 1 fully saturated rings. The molecule has 25 heteroatoms. The van der Waals surface area contributed by atoms with Gasteiger partial charge in [0.15, 0.2) is 23.0 Å². The maximum absolute atomic E-state index is 11.7. The number of H-pyrrole nitrogens is 1. The number of fused-ring (bicyclic) bond motifs is 1. The van der Waals surface area contributed by atoms with E-state index in [1.54, 1.807) is 0 Å². The number of nitrogen functional groups attached to an aromatic ring is 1. The maximum Gasteiger partial charge on any atom is 0.466 e. The minimum absolute atomic E-state index is 0.0123. The molecule has 15 N–H and O–H groups in total. The number of nitrogens with zero attached hydrogens (tertiary/aromatic N) is 3. The minimum Gasteiger partial charge on any atom is -0.392 e. The molecule has 0 unspecified atom stereocenters. The quantitative estimate of drug-likeness (QED) is 0.113. The average Bonchev–Trinajstić information content (AvgIpc) is 3.18. The summed E-state index contributed by atoms with van der Waals surface area (Å²) < 4.78 is 33.3. The van der Waals surface area contributed by atoms with Gasteiger partial charge < -0.3 is 69.8 Å². The second-order valence-electron chi connectivity index (χ2n) is 6.45.